The molecule has 0 aliphatic rings. The van der Waals surface area contributed by atoms with Crippen molar-refractivity contribution < 1.29 is 23.0 Å². The van der Waals surface area contributed by atoms with Crippen molar-refractivity contribution in [1.29, 1.82) is 0 Å². The molecule has 1 aromatic carbocycles. The van der Waals surface area contributed by atoms with Crippen LogP contribution in [0.3, 0.4) is 0 Å². The summed E-state index contributed by atoms with van der Waals surface area (Å²) in [5.41, 5.74) is 4.94. The summed E-state index contributed by atoms with van der Waals surface area (Å²) in [6.45, 7) is 0. The fourth-order valence-corrected chi connectivity index (χ4v) is 2.43. The predicted molar refractivity (Wildman–Crippen MR) is 81.9 cm³/mol. The van der Waals surface area contributed by atoms with Crippen LogP contribution in [0.2, 0.25) is 10.0 Å². The Kier molecular flexibility index (Phi) is 4.91. The Hall–Kier alpha value is -2.12. The van der Waals surface area contributed by atoms with Gasteiger partial charge >= 0.3 is 5.97 Å². The van der Waals surface area contributed by atoms with Gasteiger partial charge in [-0.25, -0.2) is 18.6 Å². The normalized spacial score (nSPS) is 10.5. The topological polar surface area (TPSA) is 74.4 Å². The molecule has 1 aromatic heterocycles. The summed E-state index contributed by atoms with van der Waals surface area (Å²) in [7, 11) is 2.30. The molecule has 2 rings (SSSR count). The molecule has 0 spiro atoms. The fraction of sp³-hybridized carbons (Fsp3) is 0.143. The highest BCUT2D eigenvalue weighted by atomic mass is 35.5. The van der Waals surface area contributed by atoms with Gasteiger partial charge in [0.15, 0.2) is 17.3 Å². The SMILES string of the molecule is COC(=O)c1nc(-c2c(F)cc(F)c(OC)c2Cl)cc(N)c1Cl. The van der Waals surface area contributed by atoms with Crippen molar-refractivity contribution in [3.63, 3.8) is 0 Å². The zero-order valence-corrected chi connectivity index (χ0v) is 13.4. The zero-order valence-electron chi connectivity index (χ0n) is 11.9. The lowest BCUT2D eigenvalue weighted by atomic mass is 10.1. The van der Waals surface area contributed by atoms with Crippen molar-refractivity contribution in [1.82, 2.24) is 4.98 Å². The van der Waals surface area contributed by atoms with Gasteiger partial charge in [-0.1, -0.05) is 23.2 Å². The van der Waals surface area contributed by atoms with Gasteiger partial charge in [0.05, 0.1) is 41.2 Å². The van der Waals surface area contributed by atoms with E-state index < -0.39 is 17.6 Å². The lowest BCUT2D eigenvalue weighted by molar-refractivity contribution is 0.0594. The molecule has 9 heteroatoms. The summed E-state index contributed by atoms with van der Waals surface area (Å²) in [6.07, 6.45) is 0. The fourth-order valence-electron chi connectivity index (χ4n) is 1.90. The number of hydrogen-bond donors (Lipinski definition) is 1. The van der Waals surface area contributed by atoms with Crippen LogP contribution in [0.25, 0.3) is 11.3 Å². The Labute approximate surface area is 139 Å². The maximum Gasteiger partial charge on any atom is 0.358 e. The maximum atomic E-state index is 14.2. The first-order chi connectivity index (χ1) is 10.8. The summed E-state index contributed by atoms with van der Waals surface area (Å²) < 4.78 is 37.1. The second kappa shape index (κ2) is 6.55. The van der Waals surface area contributed by atoms with E-state index >= 15 is 0 Å². The number of halogens is 4. The molecule has 0 bridgehead atoms. The van der Waals surface area contributed by atoms with Gasteiger partial charge in [0.1, 0.15) is 5.82 Å². The third kappa shape index (κ3) is 3.02. The van der Waals surface area contributed by atoms with E-state index in [9.17, 15) is 13.6 Å². The Morgan fingerprint density at radius 1 is 1.17 bits per heavy atom. The molecule has 23 heavy (non-hydrogen) atoms. The van der Waals surface area contributed by atoms with Crippen molar-refractivity contribution >= 4 is 34.9 Å². The minimum Gasteiger partial charge on any atom is -0.492 e. The summed E-state index contributed by atoms with van der Waals surface area (Å²) in [4.78, 5) is 15.6. The molecule has 2 N–H and O–H groups in total. The van der Waals surface area contributed by atoms with Gasteiger partial charge in [-0.3, -0.25) is 0 Å². The molecule has 0 atom stereocenters. The number of rotatable bonds is 3. The van der Waals surface area contributed by atoms with Gasteiger partial charge in [-0.2, -0.15) is 0 Å². The first-order valence-electron chi connectivity index (χ1n) is 6.08. The molecule has 0 amide bonds. The number of esters is 1. The smallest absolute Gasteiger partial charge is 0.358 e. The number of methoxy groups -OCH3 is 2. The second-order valence-corrected chi connectivity index (χ2v) is 5.07. The molecule has 0 aliphatic carbocycles. The molecular formula is C14H10Cl2F2N2O3. The molecule has 122 valence electrons. The number of nitrogens with two attached hydrogens (primary N) is 1. The number of aromatic nitrogens is 1. The molecule has 5 nitrogen and oxygen atoms in total. The number of carbonyl (C=O) groups excluding carboxylic acids is 1. The molecule has 0 saturated heterocycles. The molecule has 0 radical (unpaired) electrons. The lowest BCUT2D eigenvalue weighted by Crippen LogP contribution is -2.08. The maximum absolute atomic E-state index is 14.2. The van der Waals surface area contributed by atoms with Crippen LogP contribution in [-0.2, 0) is 4.74 Å². The molecule has 2 aromatic rings. The Morgan fingerprint density at radius 3 is 2.39 bits per heavy atom. The van der Waals surface area contributed by atoms with Gasteiger partial charge in [0.2, 0.25) is 0 Å². The molecule has 1 heterocycles. The highest BCUT2D eigenvalue weighted by molar-refractivity contribution is 6.36. The van der Waals surface area contributed by atoms with Crippen LogP contribution in [0, 0.1) is 11.6 Å². The number of pyridine rings is 1. The van der Waals surface area contributed by atoms with Crippen LogP contribution >= 0.6 is 23.2 Å². The van der Waals surface area contributed by atoms with Crippen molar-refractivity contribution in [3.8, 4) is 17.0 Å². The van der Waals surface area contributed by atoms with E-state index in [1.54, 1.807) is 0 Å². The average Bonchev–Trinajstić information content (AvgIpc) is 2.49. The Balaban J connectivity index is 2.78. The second-order valence-electron chi connectivity index (χ2n) is 4.31. The predicted octanol–water partition coefficient (Wildman–Crippen LogP) is 3.71. The summed E-state index contributed by atoms with van der Waals surface area (Å²) in [5.74, 6) is -3.21. The number of nitrogen functional groups attached to an aromatic ring is 1. The largest absolute Gasteiger partial charge is 0.492 e. The van der Waals surface area contributed by atoms with Gasteiger partial charge in [0.25, 0.3) is 0 Å². The van der Waals surface area contributed by atoms with E-state index in [0.717, 1.165) is 7.11 Å². The number of anilines is 1. The monoisotopic (exact) mass is 362 g/mol. The van der Waals surface area contributed by atoms with E-state index in [0.29, 0.717) is 6.07 Å². The number of hydrogen-bond acceptors (Lipinski definition) is 5. The summed E-state index contributed by atoms with van der Waals surface area (Å²) in [6, 6.07) is 1.79. The number of nitrogens with zero attached hydrogens (tertiary/aromatic N) is 1. The van der Waals surface area contributed by atoms with E-state index in [-0.39, 0.29) is 38.4 Å². The van der Waals surface area contributed by atoms with E-state index in [1.807, 2.05) is 0 Å². The minimum atomic E-state index is -1.00. The highest BCUT2D eigenvalue weighted by Crippen LogP contribution is 2.40. The third-order valence-electron chi connectivity index (χ3n) is 2.95. The standard InChI is InChI=1S/C14H10Cl2F2N2O3/c1-22-13-6(18)3-5(17)9(11(13)16)8-4-7(19)10(15)12(20-8)14(21)23-2/h3-4H,1-2H3,(H2,19,20). The van der Waals surface area contributed by atoms with Crippen LogP contribution < -0.4 is 10.5 Å². The Morgan fingerprint density at radius 2 is 1.83 bits per heavy atom. The van der Waals surface area contributed by atoms with Crippen molar-refractivity contribution in [2.75, 3.05) is 20.0 Å². The minimum absolute atomic E-state index is 0.0455. The Bertz CT molecular complexity index is 800. The summed E-state index contributed by atoms with van der Waals surface area (Å²) in [5, 5.41) is -0.499. The van der Waals surface area contributed by atoms with Crippen LogP contribution in [0.1, 0.15) is 10.5 Å². The van der Waals surface area contributed by atoms with Crippen LogP contribution in [0.4, 0.5) is 14.5 Å². The van der Waals surface area contributed by atoms with Crippen molar-refractivity contribution in [2.24, 2.45) is 0 Å². The van der Waals surface area contributed by atoms with Crippen molar-refractivity contribution in [3.05, 3.63) is 39.5 Å². The van der Waals surface area contributed by atoms with E-state index in [4.69, 9.17) is 33.7 Å². The highest BCUT2D eigenvalue weighted by Gasteiger charge is 2.24. The summed E-state index contributed by atoms with van der Waals surface area (Å²) >= 11 is 11.9. The average molecular weight is 363 g/mol. The number of carbonyl (C=O) groups is 1. The zero-order chi connectivity index (χ0) is 17.3. The van der Waals surface area contributed by atoms with Gasteiger partial charge < -0.3 is 15.2 Å². The molecule has 0 unspecified atom stereocenters. The van der Waals surface area contributed by atoms with E-state index in [2.05, 4.69) is 9.72 Å². The van der Waals surface area contributed by atoms with Crippen LogP contribution in [0.15, 0.2) is 12.1 Å². The first kappa shape index (κ1) is 17.2. The quantitative estimate of drug-likeness (QED) is 0.842. The molecule has 0 saturated carbocycles. The number of ether oxygens (including phenoxy) is 2. The van der Waals surface area contributed by atoms with Gasteiger partial charge in [0, 0.05) is 6.07 Å². The van der Waals surface area contributed by atoms with Crippen LogP contribution in [0.5, 0.6) is 5.75 Å². The van der Waals surface area contributed by atoms with Gasteiger partial charge in [-0.05, 0) is 6.07 Å². The molecular weight excluding hydrogens is 353 g/mol. The first-order valence-corrected chi connectivity index (χ1v) is 6.83. The van der Waals surface area contributed by atoms with Crippen LogP contribution in [-0.4, -0.2) is 25.2 Å². The lowest BCUT2D eigenvalue weighted by Gasteiger charge is -2.13. The molecule has 0 fully saturated rings. The van der Waals surface area contributed by atoms with Gasteiger partial charge in [-0.15, -0.1) is 0 Å². The third-order valence-corrected chi connectivity index (χ3v) is 3.71. The van der Waals surface area contributed by atoms with E-state index in [1.165, 1.54) is 13.2 Å². The van der Waals surface area contributed by atoms with Crippen molar-refractivity contribution in [2.45, 2.75) is 0 Å². The number of benzene rings is 1. The molecule has 0 aliphatic heterocycles.